The molecule has 0 bridgehead atoms. The molecule has 0 fully saturated rings. The van der Waals surface area contributed by atoms with Gasteiger partial charge in [-0.3, -0.25) is 4.79 Å². The van der Waals surface area contributed by atoms with Gasteiger partial charge in [0.05, 0.1) is 11.1 Å². The van der Waals surface area contributed by atoms with E-state index in [0.717, 1.165) is 34.4 Å². The van der Waals surface area contributed by atoms with Crippen molar-refractivity contribution >= 4 is 22.4 Å². The summed E-state index contributed by atoms with van der Waals surface area (Å²) in [6.07, 6.45) is 2.82. The Morgan fingerprint density at radius 1 is 1.03 bits per heavy atom. The molecular weight excluding hydrogens is 458 g/mol. The zero-order chi connectivity index (χ0) is 25.5. The largest absolute Gasteiger partial charge is 0.507 e. The number of nitrogens with zero attached hydrogens (tertiary/aromatic N) is 3. The highest BCUT2D eigenvalue weighted by atomic mass is 32.1. The van der Waals surface area contributed by atoms with Crippen molar-refractivity contribution in [2.75, 3.05) is 6.61 Å². The summed E-state index contributed by atoms with van der Waals surface area (Å²) in [5.41, 5.74) is 2.74. The van der Waals surface area contributed by atoms with E-state index in [0.29, 0.717) is 27.7 Å². The van der Waals surface area contributed by atoms with Gasteiger partial charge in [-0.05, 0) is 65.3 Å². The number of thiazole rings is 1. The normalized spacial score (nSPS) is 13.1. The van der Waals surface area contributed by atoms with Crippen LogP contribution in [0.4, 0.5) is 0 Å². The lowest BCUT2D eigenvalue weighted by atomic mass is 9.78. The highest BCUT2D eigenvalue weighted by Crippen LogP contribution is 2.39. The van der Waals surface area contributed by atoms with Crippen molar-refractivity contribution in [1.29, 1.82) is 0 Å². The zero-order valence-corrected chi connectivity index (χ0v) is 22.3. The van der Waals surface area contributed by atoms with E-state index < -0.39 is 0 Å². The minimum absolute atomic E-state index is 0.200. The Labute approximate surface area is 209 Å². The standard InChI is InChI=1S/C28H33N3O3S/c1-8-13-34-19-11-9-18(10-12-19)24-29-26-31(30-24)25(33)22(35-26)16-17-14-20(27(2,3)4)23(32)21(15-17)28(5,6)7/h9-12,14-16,32H,8,13H2,1-7H3. The van der Waals surface area contributed by atoms with Gasteiger partial charge in [-0.1, -0.05) is 59.8 Å². The molecule has 4 rings (SSSR count). The smallest absolute Gasteiger partial charge is 0.291 e. The molecule has 7 heteroatoms. The third-order valence-corrected chi connectivity index (χ3v) is 6.77. The van der Waals surface area contributed by atoms with Gasteiger partial charge in [-0.25, -0.2) is 0 Å². The first-order chi connectivity index (χ1) is 16.4. The summed E-state index contributed by atoms with van der Waals surface area (Å²) in [4.78, 5) is 18.3. The number of aromatic hydroxyl groups is 1. The molecule has 0 aliphatic carbocycles. The molecule has 0 aliphatic rings. The molecule has 0 radical (unpaired) electrons. The molecule has 6 nitrogen and oxygen atoms in total. The molecule has 4 aromatic rings. The molecule has 0 aliphatic heterocycles. The van der Waals surface area contributed by atoms with Crippen molar-refractivity contribution in [2.24, 2.45) is 0 Å². The molecule has 0 atom stereocenters. The zero-order valence-electron chi connectivity index (χ0n) is 21.5. The molecule has 184 valence electrons. The van der Waals surface area contributed by atoms with Gasteiger partial charge in [0.1, 0.15) is 11.5 Å². The molecule has 1 N–H and O–H groups in total. The summed E-state index contributed by atoms with van der Waals surface area (Å²) < 4.78 is 7.55. The van der Waals surface area contributed by atoms with Crippen LogP contribution in [0, 0.1) is 0 Å². The summed E-state index contributed by atoms with van der Waals surface area (Å²) in [6, 6.07) is 11.5. The van der Waals surface area contributed by atoms with Gasteiger partial charge in [0.15, 0.2) is 5.82 Å². The van der Waals surface area contributed by atoms with Crippen molar-refractivity contribution in [1.82, 2.24) is 14.6 Å². The number of phenolic OH excluding ortho intramolecular Hbond substituents is 1. The van der Waals surface area contributed by atoms with Gasteiger partial charge >= 0.3 is 0 Å². The molecule has 0 saturated heterocycles. The topological polar surface area (TPSA) is 76.7 Å². The maximum Gasteiger partial charge on any atom is 0.291 e. The van der Waals surface area contributed by atoms with Gasteiger partial charge in [0, 0.05) is 16.7 Å². The second-order valence-electron chi connectivity index (χ2n) is 10.9. The van der Waals surface area contributed by atoms with Crippen LogP contribution in [0.1, 0.15) is 71.6 Å². The third-order valence-electron chi connectivity index (χ3n) is 5.81. The van der Waals surface area contributed by atoms with Crippen LogP contribution in [0.3, 0.4) is 0 Å². The maximum absolute atomic E-state index is 13.2. The number of hydrogen-bond donors (Lipinski definition) is 1. The Bertz CT molecular complexity index is 1430. The van der Waals surface area contributed by atoms with Crippen LogP contribution in [-0.4, -0.2) is 26.3 Å². The van der Waals surface area contributed by atoms with Gasteiger partial charge in [-0.15, -0.1) is 5.10 Å². The van der Waals surface area contributed by atoms with Crippen LogP contribution in [0.25, 0.3) is 22.4 Å². The first-order valence-corrected chi connectivity index (χ1v) is 12.7. The summed E-state index contributed by atoms with van der Waals surface area (Å²) in [6.45, 7) is 15.2. The van der Waals surface area contributed by atoms with E-state index >= 15 is 0 Å². The fourth-order valence-electron chi connectivity index (χ4n) is 3.91. The van der Waals surface area contributed by atoms with E-state index in [4.69, 9.17) is 4.74 Å². The van der Waals surface area contributed by atoms with Crippen LogP contribution < -0.4 is 14.8 Å². The number of fused-ring (bicyclic) bond motifs is 1. The number of phenols is 1. The van der Waals surface area contributed by atoms with Gasteiger partial charge in [-0.2, -0.15) is 9.50 Å². The molecule has 0 spiro atoms. The Balaban J connectivity index is 1.76. The summed E-state index contributed by atoms with van der Waals surface area (Å²) >= 11 is 1.31. The molecule has 0 saturated carbocycles. The van der Waals surface area contributed by atoms with Crippen LogP contribution in [0.15, 0.2) is 41.2 Å². The van der Waals surface area contributed by atoms with Crippen LogP contribution >= 0.6 is 11.3 Å². The van der Waals surface area contributed by atoms with Crippen LogP contribution in [0.5, 0.6) is 11.5 Å². The predicted octanol–water partition coefficient (Wildman–Crippen LogP) is 5.46. The Morgan fingerprint density at radius 2 is 1.63 bits per heavy atom. The van der Waals surface area contributed by atoms with Crippen LogP contribution in [-0.2, 0) is 10.8 Å². The average Bonchev–Trinajstić information content (AvgIpc) is 3.31. The molecule has 35 heavy (non-hydrogen) atoms. The minimum Gasteiger partial charge on any atom is -0.507 e. The molecular formula is C28H33N3O3S. The van der Waals surface area contributed by atoms with Crippen LogP contribution in [0.2, 0.25) is 0 Å². The molecule has 0 unspecified atom stereocenters. The van der Waals surface area contributed by atoms with Crippen molar-refractivity contribution in [3.05, 3.63) is 68.0 Å². The van der Waals surface area contributed by atoms with E-state index in [-0.39, 0.29) is 16.4 Å². The molecule has 2 aromatic carbocycles. The Morgan fingerprint density at radius 3 is 2.14 bits per heavy atom. The SMILES string of the molecule is CCCOc1ccc(-c2nc3sc(=Cc4cc(C(C)(C)C)c(O)c(C(C)(C)C)c4)c(=O)n3n2)cc1. The summed E-state index contributed by atoms with van der Waals surface area (Å²) in [5.74, 6) is 1.63. The second-order valence-corrected chi connectivity index (χ2v) is 11.9. The van der Waals surface area contributed by atoms with E-state index in [2.05, 4.69) is 58.5 Å². The fourth-order valence-corrected chi connectivity index (χ4v) is 4.82. The predicted molar refractivity (Wildman–Crippen MR) is 143 cm³/mol. The first kappa shape index (κ1) is 24.9. The molecule has 2 aromatic heterocycles. The quantitative estimate of drug-likeness (QED) is 0.401. The summed E-state index contributed by atoms with van der Waals surface area (Å²) in [5, 5.41) is 15.4. The van der Waals surface area contributed by atoms with Crippen molar-refractivity contribution < 1.29 is 9.84 Å². The van der Waals surface area contributed by atoms with E-state index in [1.165, 1.54) is 15.9 Å². The number of rotatable bonds is 5. The van der Waals surface area contributed by atoms with Gasteiger partial charge in [0.2, 0.25) is 4.96 Å². The number of aromatic nitrogens is 3. The highest BCUT2D eigenvalue weighted by Gasteiger charge is 2.26. The molecule has 0 amide bonds. The van der Waals surface area contributed by atoms with Crippen molar-refractivity contribution in [3.63, 3.8) is 0 Å². The number of hydrogen-bond acceptors (Lipinski definition) is 6. The molecule has 2 heterocycles. The first-order valence-electron chi connectivity index (χ1n) is 11.9. The maximum atomic E-state index is 13.2. The van der Waals surface area contributed by atoms with Gasteiger partial charge in [0.25, 0.3) is 5.56 Å². The van der Waals surface area contributed by atoms with Crippen molar-refractivity contribution in [2.45, 2.75) is 65.7 Å². The Hall–Kier alpha value is -3.19. The Kier molecular flexibility index (Phi) is 6.49. The second kappa shape index (κ2) is 9.11. The number of benzene rings is 2. The van der Waals surface area contributed by atoms with Crippen molar-refractivity contribution in [3.8, 4) is 22.9 Å². The van der Waals surface area contributed by atoms with E-state index in [1.54, 1.807) is 0 Å². The van der Waals surface area contributed by atoms with E-state index in [1.807, 2.05) is 42.5 Å². The minimum atomic E-state index is -0.244. The summed E-state index contributed by atoms with van der Waals surface area (Å²) in [7, 11) is 0. The average molecular weight is 492 g/mol. The number of ether oxygens (including phenoxy) is 1. The lowest BCUT2D eigenvalue weighted by Gasteiger charge is -2.27. The fraction of sp³-hybridized carbons (Fsp3) is 0.393. The highest BCUT2D eigenvalue weighted by molar-refractivity contribution is 7.15. The van der Waals surface area contributed by atoms with Gasteiger partial charge < -0.3 is 9.84 Å². The lowest BCUT2D eigenvalue weighted by Crippen LogP contribution is -2.24. The van der Waals surface area contributed by atoms with E-state index in [9.17, 15) is 9.90 Å². The lowest BCUT2D eigenvalue weighted by molar-refractivity contribution is 0.317. The monoisotopic (exact) mass is 491 g/mol. The third kappa shape index (κ3) is 5.10.